The van der Waals surface area contributed by atoms with Crippen LogP contribution >= 0.6 is 0 Å². The van der Waals surface area contributed by atoms with Gasteiger partial charge >= 0.3 is 18.0 Å². The minimum absolute atomic E-state index is 0.571. The molecule has 0 aromatic rings. The highest BCUT2D eigenvalue weighted by atomic mass is 19.4. The summed E-state index contributed by atoms with van der Waals surface area (Å²) >= 11 is 0. The molecular weight excluding hydrogens is 211 g/mol. The quantitative estimate of drug-likeness (QED) is 0.397. The average molecular weight is 218 g/mol. The summed E-state index contributed by atoms with van der Waals surface area (Å²) in [5, 5.41) is 0. The fourth-order valence-electron chi connectivity index (χ4n) is 0.370. The first-order chi connectivity index (χ1) is 6.09. The number of alkyl halides is 5. The first-order valence-electron chi connectivity index (χ1n) is 3.28. The maximum atomic E-state index is 12.2. The second kappa shape index (κ2) is 3.89. The van der Waals surface area contributed by atoms with Crippen molar-refractivity contribution in [2.45, 2.75) is 12.1 Å². The van der Waals surface area contributed by atoms with E-state index in [2.05, 4.69) is 4.99 Å². The molecule has 0 aromatic heterocycles. The first-order valence-corrected chi connectivity index (χ1v) is 3.28. The third kappa shape index (κ3) is 2.93. The van der Waals surface area contributed by atoms with E-state index in [1.165, 1.54) is 14.1 Å². The molecule has 0 spiro atoms. The summed E-state index contributed by atoms with van der Waals surface area (Å²) in [5.74, 6) is -7.96. The molecule has 0 saturated heterocycles. The van der Waals surface area contributed by atoms with Gasteiger partial charge in [0.2, 0.25) is 0 Å². The van der Waals surface area contributed by atoms with Gasteiger partial charge in [0, 0.05) is 14.1 Å². The topological polar surface area (TPSA) is 32.7 Å². The fraction of sp³-hybridized carbons (Fsp3) is 0.667. The van der Waals surface area contributed by atoms with Crippen molar-refractivity contribution in [3.05, 3.63) is 0 Å². The van der Waals surface area contributed by atoms with Crippen molar-refractivity contribution in [2.24, 2.45) is 4.99 Å². The second-order valence-corrected chi connectivity index (χ2v) is 2.59. The van der Waals surface area contributed by atoms with E-state index in [4.69, 9.17) is 0 Å². The van der Waals surface area contributed by atoms with E-state index in [0.29, 0.717) is 6.34 Å². The summed E-state index contributed by atoms with van der Waals surface area (Å²) in [5.41, 5.74) is 0. The number of amides is 1. The molecule has 1 amide bonds. The maximum Gasteiger partial charge on any atom is 0.463 e. The van der Waals surface area contributed by atoms with E-state index < -0.39 is 18.0 Å². The zero-order chi connectivity index (χ0) is 11.6. The monoisotopic (exact) mass is 218 g/mol. The van der Waals surface area contributed by atoms with Crippen LogP contribution in [0.1, 0.15) is 0 Å². The number of nitrogens with zero attached hydrogens (tertiary/aromatic N) is 2. The Morgan fingerprint density at radius 1 is 1.21 bits per heavy atom. The molecule has 0 radical (unpaired) electrons. The molecule has 0 bridgehead atoms. The average Bonchev–Trinajstić information content (AvgIpc) is 1.97. The fourth-order valence-corrected chi connectivity index (χ4v) is 0.370. The minimum atomic E-state index is -5.91. The van der Waals surface area contributed by atoms with Crippen LogP contribution in [-0.2, 0) is 4.79 Å². The number of halogens is 5. The van der Waals surface area contributed by atoms with Gasteiger partial charge in [-0.05, 0) is 0 Å². The van der Waals surface area contributed by atoms with Gasteiger partial charge in [-0.1, -0.05) is 0 Å². The Kier molecular flexibility index (Phi) is 3.55. The SMILES string of the molecule is CN(C)C=NC(=O)C(F)(F)C(F)(F)F. The third-order valence-electron chi connectivity index (χ3n) is 1.03. The molecule has 0 unspecified atom stereocenters. The number of carbonyl (C=O) groups excluding carboxylic acids is 1. The molecule has 0 aliphatic carbocycles. The lowest BCUT2D eigenvalue weighted by Gasteiger charge is -2.15. The molecule has 0 N–H and O–H groups in total. The van der Waals surface area contributed by atoms with Gasteiger partial charge in [-0.15, -0.1) is 0 Å². The Bertz CT molecular complexity index is 245. The van der Waals surface area contributed by atoms with Crippen molar-refractivity contribution in [1.82, 2.24) is 4.90 Å². The highest BCUT2D eigenvalue weighted by Gasteiger charge is 2.63. The highest BCUT2D eigenvalue weighted by Crippen LogP contribution is 2.36. The zero-order valence-corrected chi connectivity index (χ0v) is 7.27. The molecule has 0 heterocycles. The lowest BCUT2D eigenvalue weighted by atomic mass is 10.3. The standard InChI is InChI=1S/C6H7F5N2O/c1-13(2)3-12-4(14)5(7,8)6(9,10)11/h3H,1-2H3. The minimum Gasteiger partial charge on any atom is -0.369 e. The van der Waals surface area contributed by atoms with E-state index >= 15 is 0 Å². The lowest BCUT2D eigenvalue weighted by molar-refractivity contribution is -0.268. The van der Waals surface area contributed by atoms with E-state index in [9.17, 15) is 26.7 Å². The molecule has 0 saturated carbocycles. The number of hydrogen-bond acceptors (Lipinski definition) is 1. The maximum absolute atomic E-state index is 12.2. The van der Waals surface area contributed by atoms with Crippen molar-refractivity contribution in [3.8, 4) is 0 Å². The Balaban J connectivity index is 4.69. The summed E-state index contributed by atoms with van der Waals surface area (Å²) in [6, 6.07) is 0. The van der Waals surface area contributed by atoms with Gasteiger partial charge in [0.15, 0.2) is 0 Å². The molecule has 3 nitrogen and oxygen atoms in total. The normalized spacial score (nSPS) is 13.4. The van der Waals surface area contributed by atoms with Gasteiger partial charge in [0.1, 0.15) is 0 Å². The molecule has 0 rings (SSSR count). The Morgan fingerprint density at radius 2 is 1.64 bits per heavy atom. The third-order valence-corrected chi connectivity index (χ3v) is 1.03. The van der Waals surface area contributed by atoms with Crippen molar-refractivity contribution in [3.63, 3.8) is 0 Å². The van der Waals surface area contributed by atoms with Gasteiger partial charge < -0.3 is 4.90 Å². The molecule has 0 aliphatic heterocycles. The number of rotatable bonds is 2. The van der Waals surface area contributed by atoms with Crippen LogP contribution < -0.4 is 0 Å². The van der Waals surface area contributed by atoms with Crippen LogP contribution in [0.4, 0.5) is 22.0 Å². The van der Waals surface area contributed by atoms with Crippen LogP contribution in [0.25, 0.3) is 0 Å². The number of hydrogen-bond donors (Lipinski definition) is 0. The van der Waals surface area contributed by atoms with Crippen molar-refractivity contribution >= 4 is 12.2 Å². The van der Waals surface area contributed by atoms with Gasteiger partial charge in [-0.3, -0.25) is 4.79 Å². The molecule has 0 aromatic carbocycles. The molecule has 0 aliphatic rings. The highest BCUT2D eigenvalue weighted by molar-refractivity contribution is 5.90. The molecule has 8 heteroatoms. The van der Waals surface area contributed by atoms with Gasteiger partial charge in [-0.25, -0.2) is 0 Å². The predicted octanol–water partition coefficient (Wildman–Crippen LogP) is 1.30. The molecule has 0 atom stereocenters. The zero-order valence-electron chi connectivity index (χ0n) is 7.27. The molecular formula is C6H7F5N2O. The smallest absolute Gasteiger partial charge is 0.369 e. The van der Waals surface area contributed by atoms with Crippen LogP contribution in [0.2, 0.25) is 0 Å². The predicted molar refractivity (Wildman–Crippen MR) is 38.2 cm³/mol. The summed E-state index contributed by atoms with van der Waals surface area (Å²) in [7, 11) is 2.64. The molecule has 0 fully saturated rings. The van der Waals surface area contributed by atoms with Crippen molar-refractivity contribution < 1.29 is 26.7 Å². The van der Waals surface area contributed by atoms with Crippen LogP contribution in [0.5, 0.6) is 0 Å². The lowest BCUT2D eigenvalue weighted by Crippen LogP contribution is -2.43. The second-order valence-electron chi connectivity index (χ2n) is 2.59. The van der Waals surface area contributed by atoms with Crippen LogP contribution in [0.3, 0.4) is 0 Å². The van der Waals surface area contributed by atoms with Crippen LogP contribution in [0.15, 0.2) is 4.99 Å². The summed E-state index contributed by atoms with van der Waals surface area (Å²) < 4.78 is 59.0. The molecule has 14 heavy (non-hydrogen) atoms. The van der Waals surface area contributed by atoms with E-state index in [0.717, 1.165) is 4.90 Å². The van der Waals surface area contributed by atoms with E-state index in [-0.39, 0.29) is 0 Å². The van der Waals surface area contributed by atoms with Gasteiger partial charge in [-0.2, -0.15) is 26.9 Å². The number of aliphatic imine (C=N–C) groups is 1. The van der Waals surface area contributed by atoms with Crippen LogP contribution in [0, 0.1) is 0 Å². The summed E-state index contributed by atoms with van der Waals surface area (Å²) in [6.45, 7) is 0. The van der Waals surface area contributed by atoms with Crippen molar-refractivity contribution in [2.75, 3.05) is 14.1 Å². The Morgan fingerprint density at radius 3 is 1.93 bits per heavy atom. The van der Waals surface area contributed by atoms with Crippen molar-refractivity contribution in [1.29, 1.82) is 0 Å². The molecule has 82 valence electrons. The summed E-state index contributed by atoms with van der Waals surface area (Å²) in [4.78, 5) is 13.8. The van der Waals surface area contributed by atoms with E-state index in [1.807, 2.05) is 0 Å². The largest absolute Gasteiger partial charge is 0.463 e. The Labute approximate surface area is 76.2 Å². The Hall–Kier alpha value is -1.21. The summed E-state index contributed by atoms with van der Waals surface area (Å²) in [6.07, 6.45) is -5.34. The van der Waals surface area contributed by atoms with Gasteiger partial charge in [0.05, 0.1) is 6.34 Å². The first kappa shape index (κ1) is 12.8. The van der Waals surface area contributed by atoms with Crippen LogP contribution in [-0.4, -0.2) is 43.3 Å². The van der Waals surface area contributed by atoms with Gasteiger partial charge in [0.25, 0.3) is 0 Å². The number of carbonyl (C=O) groups is 1. The van der Waals surface area contributed by atoms with E-state index in [1.54, 1.807) is 0 Å².